The van der Waals surface area contributed by atoms with Crippen LogP contribution in [-0.2, 0) is 0 Å². The second-order valence-electron chi connectivity index (χ2n) is 9.35. The van der Waals surface area contributed by atoms with Crippen LogP contribution in [0.25, 0.3) is 0 Å². The molecule has 0 fully saturated rings. The highest BCUT2D eigenvalue weighted by Crippen LogP contribution is 2.38. The first kappa shape index (κ1) is 31.7. The Kier molecular flexibility index (Phi) is 10.1. The number of carbonyl (C=O) groups excluding carboxylic acids is 3. The van der Waals surface area contributed by atoms with E-state index in [2.05, 4.69) is 15.8 Å². The Labute approximate surface area is 257 Å². The molecule has 0 unspecified atom stereocenters. The van der Waals surface area contributed by atoms with E-state index in [1.807, 2.05) is 6.92 Å². The zero-order valence-corrected chi connectivity index (χ0v) is 24.7. The molecule has 2 amide bonds. The second kappa shape index (κ2) is 14.3. The maximum Gasteiger partial charge on any atom is 0.343 e. The van der Waals surface area contributed by atoms with Crippen LogP contribution in [0.1, 0.15) is 42.2 Å². The topological polar surface area (TPSA) is 168 Å². The van der Waals surface area contributed by atoms with Crippen LogP contribution in [0.4, 0.5) is 11.4 Å². The van der Waals surface area contributed by atoms with Gasteiger partial charge in [0.25, 0.3) is 11.8 Å². The number of nitrogens with zero attached hydrogens (tertiary/aromatic N) is 2. The molecule has 4 aromatic carbocycles. The molecule has 0 bridgehead atoms. The first-order chi connectivity index (χ1) is 21.6. The van der Waals surface area contributed by atoms with Gasteiger partial charge in [0.05, 0.1) is 38.0 Å². The van der Waals surface area contributed by atoms with Gasteiger partial charge in [0, 0.05) is 28.4 Å². The Morgan fingerprint density at radius 2 is 1.40 bits per heavy atom. The number of methoxy groups -OCH3 is 3. The van der Waals surface area contributed by atoms with Gasteiger partial charge in [-0.05, 0) is 61.5 Å². The average molecular weight is 613 g/mol. The van der Waals surface area contributed by atoms with Crippen LogP contribution in [0, 0.1) is 17.0 Å². The quantitative estimate of drug-likeness (QED) is 0.0764. The molecule has 2 N–H and O–H groups in total. The predicted octanol–water partition coefficient (Wildman–Crippen LogP) is 5.16. The number of hydrogen-bond acceptors (Lipinski definition) is 10. The summed E-state index contributed by atoms with van der Waals surface area (Å²) in [6.45, 7) is 1.85. The lowest BCUT2D eigenvalue weighted by Gasteiger charge is -2.14. The molecule has 4 rings (SSSR count). The number of amides is 2. The van der Waals surface area contributed by atoms with Crippen LogP contribution in [-0.4, -0.2) is 50.3 Å². The number of aryl methyl sites for hydroxylation is 1. The fraction of sp³-hybridized carbons (Fsp3) is 0.125. The Hall–Kier alpha value is -6.24. The van der Waals surface area contributed by atoms with Crippen LogP contribution in [0.15, 0.2) is 84.0 Å². The van der Waals surface area contributed by atoms with E-state index in [0.29, 0.717) is 22.9 Å². The van der Waals surface area contributed by atoms with Crippen molar-refractivity contribution in [3.8, 4) is 23.0 Å². The monoisotopic (exact) mass is 612 g/mol. The minimum Gasteiger partial charge on any atom is -0.493 e. The van der Waals surface area contributed by atoms with Gasteiger partial charge >= 0.3 is 11.7 Å². The average Bonchev–Trinajstić information content (AvgIpc) is 3.04. The van der Waals surface area contributed by atoms with Crippen LogP contribution in [0.3, 0.4) is 0 Å². The van der Waals surface area contributed by atoms with Crippen molar-refractivity contribution in [1.29, 1.82) is 0 Å². The minimum absolute atomic E-state index is 0.0924. The zero-order valence-electron chi connectivity index (χ0n) is 24.7. The maximum atomic E-state index is 12.9. The summed E-state index contributed by atoms with van der Waals surface area (Å²) in [4.78, 5) is 49.2. The van der Waals surface area contributed by atoms with Crippen molar-refractivity contribution in [2.45, 2.75) is 6.92 Å². The smallest absolute Gasteiger partial charge is 0.343 e. The van der Waals surface area contributed by atoms with E-state index >= 15 is 0 Å². The summed E-state index contributed by atoms with van der Waals surface area (Å²) in [5.74, 6) is -1.19. The van der Waals surface area contributed by atoms with Crippen molar-refractivity contribution in [2.75, 3.05) is 26.6 Å². The fourth-order valence-electron chi connectivity index (χ4n) is 4.09. The molecule has 0 spiro atoms. The molecule has 0 saturated heterocycles. The molecular formula is C32H28N4O9. The standard InChI is InChI=1S/C32H28N4O9/c1-19-8-10-21(11-9-19)32(39)45-28-22(6-5-7-25(28)36(40)41)18-33-35-31(38)20-12-14-24(15-13-20)34-30(37)23-16-26(42-2)29(44-4)27(17-23)43-3/h5-18H,1-4H3,(H,34,37)(H,35,38)/b33-18+. The Balaban J connectivity index is 1.44. The van der Waals surface area contributed by atoms with Gasteiger partial charge in [0.2, 0.25) is 11.5 Å². The summed E-state index contributed by atoms with van der Waals surface area (Å²) in [5.41, 5.74) is 3.98. The number of nitro groups is 1. The highest BCUT2D eigenvalue weighted by molar-refractivity contribution is 6.05. The van der Waals surface area contributed by atoms with Gasteiger partial charge in [-0.1, -0.05) is 23.8 Å². The van der Waals surface area contributed by atoms with Crippen molar-refractivity contribution in [3.05, 3.63) is 117 Å². The van der Waals surface area contributed by atoms with Gasteiger partial charge in [-0.15, -0.1) is 0 Å². The van der Waals surface area contributed by atoms with Crippen molar-refractivity contribution in [1.82, 2.24) is 5.43 Å². The van der Waals surface area contributed by atoms with Crippen molar-refractivity contribution >= 4 is 35.4 Å². The highest BCUT2D eigenvalue weighted by atomic mass is 16.6. The van der Waals surface area contributed by atoms with Crippen molar-refractivity contribution in [3.63, 3.8) is 0 Å². The molecule has 0 saturated carbocycles. The molecule has 4 aromatic rings. The number of nitrogens with one attached hydrogen (secondary N) is 2. The molecule has 0 aliphatic rings. The van der Waals surface area contributed by atoms with E-state index in [9.17, 15) is 24.5 Å². The Morgan fingerprint density at radius 3 is 1.98 bits per heavy atom. The number of esters is 1. The molecule has 13 heteroatoms. The predicted molar refractivity (Wildman–Crippen MR) is 165 cm³/mol. The second-order valence-corrected chi connectivity index (χ2v) is 9.35. The summed E-state index contributed by atoms with van der Waals surface area (Å²) < 4.78 is 21.2. The molecule has 0 atom stereocenters. The normalized spacial score (nSPS) is 10.6. The number of hydrazone groups is 1. The maximum absolute atomic E-state index is 12.9. The number of benzene rings is 4. The fourth-order valence-corrected chi connectivity index (χ4v) is 4.09. The number of hydrogen-bond donors (Lipinski definition) is 2. The molecule has 230 valence electrons. The van der Waals surface area contributed by atoms with Gasteiger partial charge in [-0.2, -0.15) is 5.10 Å². The summed E-state index contributed by atoms with van der Waals surface area (Å²) in [6, 6.07) is 19.6. The van der Waals surface area contributed by atoms with Gasteiger partial charge in [-0.25, -0.2) is 10.2 Å². The van der Waals surface area contributed by atoms with Crippen LogP contribution in [0.5, 0.6) is 23.0 Å². The number of nitro benzene ring substituents is 1. The molecule has 0 aromatic heterocycles. The van der Waals surface area contributed by atoms with Gasteiger partial charge < -0.3 is 24.3 Å². The SMILES string of the molecule is COc1cc(C(=O)Nc2ccc(C(=O)N/N=C/c3cccc([N+](=O)[O-])c3OC(=O)c3ccc(C)cc3)cc2)cc(OC)c1OC. The lowest BCUT2D eigenvalue weighted by molar-refractivity contribution is -0.385. The summed E-state index contributed by atoms with van der Waals surface area (Å²) in [7, 11) is 4.34. The zero-order chi connectivity index (χ0) is 32.5. The van der Waals surface area contributed by atoms with E-state index < -0.39 is 28.4 Å². The van der Waals surface area contributed by atoms with Crippen molar-refractivity contribution in [2.24, 2.45) is 5.10 Å². The van der Waals surface area contributed by atoms with E-state index in [1.54, 1.807) is 24.3 Å². The lowest BCUT2D eigenvalue weighted by atomic mass is 10.1. The molecular weight excluding hydrogens is 584 g/mol. The summed E-state index contributed by atoms with van der Waals surface area (Å²) in [6.07, 6.45) is 1.13. The number of anilines is 1. The van der Waals surface area contributed by atoms with Crippen molar-refractivity contribution < 1.29 is 38.3 Å². The van der Waals surface area contributed by atoms with Gasteiger partial charge in [-0.3, -0.25) is 19.7 Å². The van der Waals surface area contributed by atoms with Crippen LogP contribution >= 0.6 is 0 Å². The number of para-hydroxylation sites is 1. The first-order valence-corrected chi connectivity index (χ1v) is 13.3. The molecule has 0 radical (unpaired) electrons. The Bertz CT molecular complexity index is 1740. The third-order valence-corrected chi connectivity index (χ3v) is 6.41. The number of rotatable bonds is 11. The van der Waals surface area contributed by atoms with Gasteiger partial charge in [0.15, 0.2) is 11.5 Å². The third-order valence-electron chi connectivity index (χ3n) is 6.41. The molecule has 0 aliphatic heterocycles. The largest absolute Gasteiger partial charge is 0.493 e. The molecule has 0 aliphatic carbocycles. The van der Waals surface area contributed by atoms with E-state index in [-0.39, 0.29) is 28.0 Å². The number of carbonyl (C=O) groups is 3. The third kappa shape index (κ3) is 7.59. The lowest BCUT2D eigenvalue weighted by Crippen LogP contribution is -2.18. The summed E-state index contributed by atoms with van der Waals surface area (Å²) in [5, 5.41) is 18.2. The molecule has 0 heterocycles. The van der Waals surface area contributed by atoms with E-state index in [4.69, 9.17) is 18.9 Å². The van der Waals surface area contributed by atoms with Crippen LogP contribution in [0.2, 0.25) is 0 Å². The minimum atomic E-state index is -0.791. The number of ether oxygens (including phenoxy) is 4. The molecule has 13 nitrogen and oxygen atoms in total. The Morgan fingerprint density at radius 1 is 0.778 bits per heavy atom. The van der Waals surface area contributed by atoms with Gasteiger partial charge in [0.1, 0.15) is 0 Å². The van der Waals surface area contributed by atoms with E-state index in [0.717, 1.165) is 11.8 Å². The summed E-state index contributed by atoms with van der Waals surface area (Å²) >= 11 is 0. The highest BCUT2D eigenvalue weighted by Gasteiger charge is 2.22. The van der Waals surface area contributed by atoms with Crippen LogP contribution < -0.4 is 29.7 Å². The van der Waals surface area contributed by atoms with E-state index in [1.165, 1.54) is 75.9 Å². The molecule has 45 heavy (non-hydrogen) atoms. The first-order valence-electron chi connectivity index (χ1n) is 13.3.